The lowest BCUT2D eigenvalue weighted by Crippen LogP contribution is -2.23. The highest BCUT2D eigenvalue weighted by molar-refractivity contribution is 7.89. The van der Waals surface area contributed by atoms with Crippen LogP contribution in [0.4, 0.5) is 5.69 Å². The second-order valence-corrected chi connectivity index (χ2v) is 10.0. The van der Waals surface area contributed by atoms with E-state index < -0.39 is 10.0 Å². The van der Waals surface area contributed by atoms with E-state index >= 15 is 0 Å². The Kier molecular flexibility index (Phi) is 5.86. The topological polar surface area (TPSA) is 106 Å². The Morgan fingerprint density at radius 3 is 2.61 bits per heavy atom. The van der Waals surface area contributed by atoms with Gasteiger partial charge in [0.05, 0.1) is 23.0 Å². The van der Waals surface area contributed by atoms with Crippen molar-refractivity contribution < 1.29 is 13.2 Å². The van der Waals surface area contributed by atoms with Crippen LogP contribution in [-0.2, 0) is 16.6 Å². The number of thiophene rings is 1. The number of rotatable bonds is 7. The molecule has 31 heavy (non-hydrogen) atoms. The molecule has 3 heterocycles. The van der Waals surface area contributed by atoms with Gasteiger partial charge in [0.15, 0.2) is 5.65 Å². The van der Waals surface area contributed by atoms with E-state index in [1.165, 1.54) is 35.6 Å². The lowest BCUT2D eigenvalue weighted by Gasteiger charge is -2.09. The van der Waals surface area contributed by atoms with Gasteiger partial charge in [-0.05, 0) is 55.6 Å². The first kappa shape index (κ1) is 21.2. The fourth-order valence-corrected chi connectivity index (χ4v) is 4.78. The maximum atomic E-state index is 12.6. The van der Waals surface area contributed by atoms with Crippen LogP contribution in [0, 0.1) is 0 Å². The van der Waals surface area contributed by atoms with Crippen LogP contribution in [0.3, 0.4) is 0 Å². The molecule has 0 aliphatic carbocycles. The Balaban J connectivity index is 1.45. The normalized spacial score (nSPS) is 11.8. The average Bonchev–Trinajstić information content (AvgIpc) is 3.42. The van der Waals surface area contributed by atoms with E-state index in [1.54, 1.807) is 18.5 Å². The van der Waals surface area contributed by atoms with E-state index in [2.05, 4.69) is 20.1 Å². The zero-order chi connectivity index (χ0) is 22.0. The fourth-order valence-electron chi connectivity index (χ4n) is 3.04. The number of nitrogens with zero attached hydrogens (tertiary/aromatic N) is 3. The predicted molar refractivity (Wildman–Crippen MR) is 121 cm³/mol. The number of fused-ring (bicyclic) bond motifs is 1. The monoisotopic (exact) mass is 455 g/mol. The zero-order valence-electron chi connectivity index (χ0n) is 16.9. The Bertz CT molecular complexity index is 1310. The Morgan fingerprint density at radius 1 is 1.16 bits per heavy atom. The number of amides is 1. The third-order valence-corrected chi connectivity index (χ3v) is 6.92. The molecule has 0 saturated carbocycles. The molecule has 0 unspecified atom stereocenters. The van der Waals surface area contributed by atoms with E-state index in [-0.39, 0.29) is 23.4 Å². The van der Waals surface area contributed by atoms with E-state index in [9.17, 15) is 13.2 Å². The van der Waals surface area contributed by atoms with Crippen molar-refractivity contribution in [3.8, 4) is 0 Å². The summed E-state index contributed by atoms with van der Waals surface area (Å²) in [5.41, 5.74) is 1.63. The number of benzene rings is 1. The molecule has 0 saturated heterocycles. The number of carbonyl (C=O) groups excluding carboxylic acids is 1. The van der Waals surface area contributed by atoms with Crippen LogP contribution in [-0.4, -0.2) is 29.1 Å². The van der Waals surface area contributed by atoms with Crippen LogP contribution in [0.15, 0.2) is 65.1 Å². The van der Waals surface area contributed by atoms with E-state index in [0.717, 1.165) is 15.9 Å². The van der Waals surface area contributed by atoms with E-state index in [0.29, 0.717) is 11.3 Å². The van der Waals surface area contributed by atoms with Gasteiger partial charge in [0.2, 0.25) is 10.0 Å². The summed E-state index contributed by atoms with van der Waals surface area (Å²) >= 11 is 1.48. The van der Waals surface area contributed by atoms with Crippen LogP contribution < -0.4 is 10.0 Å². The molecule has 0 spiro atoms. The number of carbonyl (C=O) groups is 1. The summed E-state index contributed by atoms with van der Waals surface area (Å²) in [6.45, 7) is 4.27. The van der Waals surface area contributed by atoms with Gasteiger partial charge in [-0.25, -0.2) is 22.8 Å². The van der Waals surface area contributed by atoms with Gasteiger partial charge >= 0.3 is 0 Å². The Hall–Kier alpha value is -3.08. The minimum absolute atomic E-state index is 0.102. The van der Waals surface area contributed by atoms with Gasteiger partial charge in [0.1, 0.15) is 0 Å². The van der Waals surface area contributed by atoms with Crippen LogP contribution in [0.5, 0.6) is 0 Å². The number of pyridine rings is 1. The molecule has 1 aromatic carbocycles. The number of hydrogen-bond acceptors (Lipinski definition) is 6. The zero-order valence-corrected chi connectivity index (χ0v) is 18.6. The highest BCUT2D eigenvalue weighted by atomic mass is 32.2. The molecule has 0 bridgehead atoms. The van der Waals surface area contributed by atoms with Gasteiger partial charge in [0.25, 0.3) is 5.91 Å². The van der Waals surface area contributed by atoms with Crippen molar-refractivity contribution in [1.82, 2.24) is 19.5 Å². The highest BCUT2D eigenvalue weighted by Gasteiger charge is 2.16. The third-order valence-electron chi connectivity index (χ3n) is 4.62. The summed E-state index contributed by atoms with van der Waals surface area (Å²) in [6, 6.07) is 11.5. The molecule has 2 N–H and O–H groups in total. The molecule has 0 aliphatic rings. The lowest BCUT2D eigenvalue weighted by atomic mass is 10.2. The average molecular weight is 456 g/mol. The van der Waals surface area contributed by atoms with Crippen molar-refractivity contribution >= 4 is 44.0 Å². The molecule has 8 nitrogen and oxygen atoms in total. The first-order valence-electron chi connectivity index (χ1n) is 9.60. The number of hydrogen-bond donors (Lipinski definition) is 2. The largest absolute Gasteiger partial charge is 0.321 e. The molecule has 3 aromatic heterocycles. The Labute approximate surface area is 184 Å². The SMILES string of the molecule is CC(C)n1ncc2cc(NC(=O)c3ccc(S(=O)(=O)NCc4cccs4)cc3)cnc21. The van der Waals surface area contributed by atoms with Crippen molar-refractivity contribution in [2.24, 2.45) is 0 Å². The van der Waals surface area contributed by atoms with Gasteiger partial charge in [0, 0.05) is 28.4 Å². The van der Waals surface area contributed by atoms with Gasteiger partial charge < -0.3 is 5.32 Å². The van der Waals surface area contributed by atoms with Gasteiger partial charge in [-0.15, -0.1) is 11.3 Å². The molecule has 1 amide bonds. The molecule has 0 aliphatic heterocycles. The van der Waals surface area contributed by atoms with Crippen molar-refractivity contribution in [3.05, 3.63) is 70.7 Å². The van der Waals surface area contributed by atoms with E-state index in [4.69, 9.17) is 0 Å². The minimum atomic E-state index is -3.66. The molecule has 10 heteroatoms. The van der Waals surface area contributed by atoms with Crippen LogP contribution >= 0.6 is 11.3 Å². The van der Waals surface area contributed by atoms with E-state index in [1.807, 2.05) is 36.0 Å². The summed E-state index contributed by atoms with van der Waals surface area (Å²) in [5.74, 6) is -0.354. The third kappa shape index (κ3) is 4.66. The number of anilines is 1. The van der Waals surface area contributed by atoms with Crippen LogP contribution in [0.25, 0.3) is 11.0 Å². The first-order chi connectivity index (χ1) is 14.8. The summed E-state index contributed by atoms with van der Waals surface area (Å²) < 4.78 is 29.3. The molecule has 0 radical (unpaired) electrons. The maximum absolute atomic E-state index is 12.6. The van der Waals surface area contributed by atoms with Crippen molar-refractivity contribution in [1.29, 1.82) is 0 Å². The Morgan fingerprint density at radius 2 is 1.94 bits per heavy atom. The molecular formula is C21H21N5O3S2. The molecule has 160 valence electrons. The predicted octanol–water partition coefficient (Wildman–Crippen LogP) is 3.80. The smallest absolute Gasteiger partial charge is 0.255 e. The molecule has 4 rings (SSSR count). The second kappa shape index (κ2) is 8.58. The fraction of sp³-hybridized carbons (Fsp3) is 0.190. The second-order valence-electron chi connectivity index (χ2n) is 7.20. The number of nitrogens with one attached hydrogen (secondary N) is 2. The van der Waals surface area contributed by atoms with Crippen molar-refractivity contribution in [2.75, 3.05) is 5.32 Å². The molecule has 0 atom stereocenters. The molecule has 4 aromatic rings. The van der Waals surface area contributed by atoms with Crippen molar-refractivity contribution in [3.63, 3.8) is 0 Å². The highest BCUT2D eigenvalue weighted by Crippen LogP contribution is 2.20. The summed E-state index contributed by atoms with van der Waals surface area (Å²) in [5, 5.41) is 9.82. The van der Waals surface area contributed by atoms with Gasteiger partial charge in [-0.3, -0.25) is 4.79 Å². The molecular weight excluding hydrogens is 434 g/mol. The number of aromatic nitrogens is 3. The number of sulfonamides is 1. The summed E-state index contributed by atoms with van der Waals surface area (Å²) in [4.78, 5) is 18.0. The maximum Gasteiger partial charge on any atom is 0.255 e. The lowest BCUT2D eigenvalue weighted by molar-refractivity contribution is 0.102. The molecule has 0 fully saturated rings. The van der Waals surface area contributed by atoms with Crippen molar-refractivity contribution in [2.45, 2.75) is 31.3 Å². The minimum Gasteiger partial charge on any atom is -0.321 e. The summed E-state index contributed by atoms with van der Waals surface area (Å²) in [7, 11) is -3.66. The summed E-state index contributed by atoms with van der Waals surface area (Å²) in [6.07, 6.45) is 3.29. The van der Waals surface area contributed by atoms with Crippen LogP contribution in [0.2, 0.25) is 0 Å². The van der Waals surface area contributed by atoms with Gasteiger partial charge in [-0.1, -0.05) is 6.07 Å². The van der Waals surface area contributed by atoms with Crippen LogP contribution in [0.1, 0.15) is 35.1 Å². The standard InChI is InChI=1S/C21H21N5O3S2/c1-14(2)26-20-16(11-23-26)10-17(12-22-20)25-21(27)15-5-7-19(8-6-15)31(28,29)24-13-18-4-3-9-30-18/h3-12,14,24H,13H2,1-2H3,(H,25,27). The van der Waals surface area contributed by atoms with Gasteiger partial charge in [-0.2, -0.15) is 5.10 Å². The quantitative estimate of drug-likeness (QED) is 0.441. The first-order valence-corrected chi connectivity index (χ1v) is 12.0.